The number of rotatable bonds is 4. The summed E-state index contributed by atoms with van der Waals surface area (Å²) in [6.07, 6.45) is 7.80. The maximum atomic E-state index is 2.62. The molecule has 1 fully saturated rings. The minimum absolute atomic E-state index is 0.777. The van der Waals surface area contributed by atoms with Gasteiger partial charge in [-0.1, -0.05) is 50.1 Å². The van der Waals surface area contributed by atoms with Gasteiger partial charge in [0.15, 0.2) is 0 Å². The van der Waals surface area contributed by atoms with E-state index in [2.05, 4.69) is 48.6 Å². The van der Waals surface area contributed by atoms with Crippen LogP contribution < -0.4 is 0 Å². The van der Waals surface area contributed by atoms with E-state index in [0.717, 1.165) is 19.1 Å². The van der Waals surface area contributed by atoms with E-state index in [1.165, 1.54) is 31.2 Å². The highest BCUT2D eigenvalue weighted by molar-refractivity contribution is 5.14. The van der Waals surface area contributed by atoms with Gasteiger partial charge in [-0.05, 0) is 31.4 Å². The Kier molecular flexibility index (Phi) is 4.41. The molecule has 0 amide bonds. The monoisotopic (exact) mass is 216 g/mol. The van der Waals surface area contributed by atoms with E-state index in [-0.39, 0.29) is 0 Å². The summed E-state index contributed by atoms with van der Waals surface area (Å²) in [6.45, 7) is 4.54. The molecule has 1 saturated carbocycles. The van der Waals surface area contributed by atoms with Crippen LogP contribution in [-0.4, -0.2) is 17.5 Å². The molecule has 16 heavy (non-hydrogen) atoms. The van der Waals surface area contributed by atoms with Crippen LogP contribution in [0.25, 0.3) is 0 Å². The van der Waals surface area contributed by atoms with Crippen LogP contribution in [0.15, 0.2) is 30.3 Å². The Morgan fingerprint density at radius 1 is 1.25 bits per heavy atom. The SMILES string of the molecule is CCN(Cc1ccccc1)C1C[CH]CCC1. The van der Waals surface area contributed by atoms with E-state index in [0.29, 0.717) is 0 Å². The second kappa shape index (κ2) is 6.05. The second-order valence-electron chi connectivity index (χ2n) is 4.66. The first-order valence-electron chi connectivity index (χ1n) is 6.49. The van der Waals surface area contributed by atoms with Crippen molar-refractivity contribution in [3.8, 4) is 0 Å². The summed E-state index contributed by atoms with van der Waals surface area (Å²) in [5.41, 5.74) is 1.44. The summed E-state index contributed by atoms with van der Waals surface area (Å²) in [6, 6.07) is 11.6. The Hall–Kier alpha value is -0.820. The van der Waals surface area contributed by atoms with E-state index in [1.807, 2.05) is 0 Å². The van der Waals surface area contributed by atoms with Crippen molar-refractivity contribution in [1.82, 2.24) is 4.90 Å². The van der Waals surface area contributed by atoms with Crippen molar-refractivity contribution in [2.75, 3.05) is 6.54 Å². The zero-order valence-electron chi connectivity index (χ0n) is 10.2. The van der Waals surface area contributed by atoms with Crippen LogP contribution in [0.3, 0.4) is 0 Å². The van der Waals surface area contributed by atoms with Gasteiger partial charge in [0.25, 0.3) is 0 Å². The third-order valence-electron chi connectivity index (χ3n) is 3.54. The third-order valence-corrected chi connectivity index (χ3v) is 3.54. The molecule has 1 aliphatic rings. The Bertz CT molecular complexity index is 288. The van der Waals surface area contributed by atoms with Gasteiger partial charge in [-0.15, -0.1) is 0 Å². The van der Waals surface area contributed by atoms with Crippen LogP contribution in [0.1, 0.15) is 38.2 Å². The molecular weight excluding hydrogens is 194 g/mol. The van der Waals surface area contributed by atoms with E-state index >= 15 is 0 Å². The first-order chi connectivity index (χ1) is 7.90. The molecule has 0 N–H and O–H groups in total. The standard InChI is InChI=1S/C15H22N/c1-2-16(15-11-7-4-8-12-15)13-14-9-5-3-6-10-14/h3,5-7,9-10,15H,2,4,8,11-13H2,1H3. The van der Waals surface area contributed by atoms with Crippen LogP contribution in [0, 0.1) is 6.42 Å². The Morgan fingerprint density at radius 2 is 2.06 bits per heavy atom. The van der Waals surface area contributed by atoms with Crippen molar-refractivity contribution < 1.29 is 0 Å². The highest BCUT2D eigenvalue weighted by atomic mass is 15.1. The molecule has 87 valence electrons. The molecule has 0 saturated heterocycles. The van der Waals surface area contributed by atoms with Crippen molar-refractivity contribution >= 4 is 0 Å². The van der Waals surface area contributed by atoms with Crippen molar-refractivity contribution in [2.45, 2.75) is 45.2 Å². The zero-order valence-corrected chi connectivity index (χ0v) is 10.2. The lowest BCUT2D eigenvalue weighted by Gasteiger charge is -2.33. The van der Waals surface area contributed by atoms with Crippen molar-refractivity contribution in [3.05, 3.63) is 42.3 Å². The van der Waals surface area contributed by atoms with E-state index in [1.54, 1.807) is 0 Å². The Balaban J connectivity index is 1.94. The highest BCUT2D eigenvalue weighted by Crippen LogP contribution is 2.23. The van der Waals surface area contributed by atoms with Crippen molar-refractivity contribution in [3.63, 3.8) is 0 Å². The predicted molar refractivity (Wildman–Crippen MR) is 69.1 cm³/mol. The molecule has 1 heteroatoms. The topological polar surface area (TPSA) is 3.24 Å². The Morgan fingerprint density at radius 3 is 2.69 bits per heavy atom. The molecule has 1 unspecified atom stereocenters. The molecule has 0 aromatic heterocycles. The molecule has 1 aromatic carbocycles. The summed E-state index contributed by atoms with van der Waals surface area (Å²) in [4.78, 5) is 2.62. The normalized spacial score (nSPS) is 17.9. The average Bonchev–Trinajstić information content (AvgIpc) is 2.38. The van der Waals surface area contributed by atoms with E-state index < -0.39 is 0 Å². The number of hydrogen-bond acceptors (Lipinski definition) is 1. The van der Waals surface area contributed by atoms with Gasteiger partial charge in [0.05, 0.1) is 0 Å². The third kappa shape index (κ3) is 3.08. The first-order valence-corrected chi connectivity index (χ1v) is 6.49. The van der Waals surface area contributed by atoms with E-state index in [4.69, 9.17) is 0 Å². The highest BCUT2D eigenvalue weighted by Gasteiger charge is 2.19. The van der Waals surface area contributed by atoms with Gasteiger partial charge in [-0.2, -0.15) is 0 Å². The number of benzene rings is 1. The van der Waals surface area contributed by atoms with E-state index in [9.17, 15) is 0 Å². The van der Waals surface area contributed by atoms with Crippen LogP contribution in [0.4, 0.5) is 0 Å². The lowest BCUT2D eigenvalue weighted by molar-refractivity contribution is 0.171. The van der Waals surface area contributed by atoms with Gasteiger partial charge in [0, 0.05) is 12.6 Å². The second-order valence-corrected chi connectivity index (χ2v) is 4.66. The van der Waals surface area contributed by atoms with Gasteiger partial charge in [0.2, 0.25) is 0 Å². The average molecular weight is 216 g/mol. The summed E-state index contributed by atoms with van der Waals surface area (Å²) < 4.78 is 0. The molecule has 1 atom stereocenters. The Labute approximate surface area is 99.5 Å². The number of nitrogens with zero attached hydrogens (tertiary/aromatic N) is 1. The van der Waals surface area contributed by atoms with Gasteiger partial charge >= 0.3 is 0 Å². The molecule has 2 rings (SSSR count). The minimum Gasteiger partial charge on any atom is -0.296 e. The molecule has 0 heterocycles. The smallest absolute Gasteiger partial charge is 0.0236 e. The summed E-state index contributed by atoms with van der Waals surface area (Å²) in [5.74, 6) is 0. The van der Waals surface area contributed by atoms with Gasteiger partial charge in [0.1, 0.15) is 0 Å². The van der Waals surface area contributed by atoms with Gasteiger partial charge < -0.3 is 0 Å². The fourth-order valence-electron chi connectivity index (χ4n) is 2.57. The van der Waals surface area contributed by atoms with Crippen molar-refractivity contribution in [2.24, 2.45) is 0 Å². The molecule has 1 radical (unpaired) electrons. The predicted octanol–water partition coefficient (Wildman–Crippen LogP) is 3.66. The molecule has 1 nitrogen and oxygen atoms in total. The summed E-state index contributed by atoms with van der Waals surface area (Å²) >= 11 is 0. The molecule has 0 bridgehead atoms. The lowest BCUT2D eigenvalue weighted by Crippen LogP contribution is -2.36. The largest absolute Gasteiger partial charge is 0.296 e. The first kappa shape index (κ1) is 11.7. The maximum absolute atomic E-state index is 2.62. The zero-order chi connectivity index (χ0) is 11.2. The quantitative estimate of drug-likeness (QED) is 0.742. The fourth-order valence-corrected chi connectivity index (χ4v) is 2.57. The van der Waals surface area contributed by atoms with Crippen LogP contribution in [0.2, 0.25) is 0 Å². The van der Waals surface area contributed by atoms with Crippen LogP contribution >= 0.6 is 0 Å². The minimum atomic E-state index is 0.777. The van der Waals surface area contributed by atoms with Crippen LogP contribution in [0.5, 0.6) is 0 Å². The molecule has 1 aromatic rings. The molecule has 0 aliphatic heterocycles. The molecule has 1 aliphatic carbocycles. The molecular formula is C15H22N. The lowest BCUT2D eigenvalue weighted by atomic mass is 9.94. The van der Waals surface area contributed by atoms with Gasteiger partial charge in [-0.3, -0.25) is 4.90 Å². The summed E-state index contributed by atoms with van der Waals surface area (Å²) in [7, 11) is 0. The van der Waals surface area contributed by atoms with Crippen LogP contribution in [-0.2, 0) is 6.54 Å². The summed E-state index contributed by atoms with van der Waals surface area (Å²) in [5, 5.41) is 0. The van der Waals surface area contributed by atoms with Gasteiger partial charge in [-0.25, -0.2) is 0 Å². The molecule has 0 spiro atoms. The van der Waals surface area contributed by atoms with Crippen molar-refractivity contribution in [1.29, 1.82) is 0 Å². The number of hydrogen-bond donors (Lipinski definition) is 0. The maximum Gasteiger partial charge on any atom is 0.0236 e. The fraction of sp³-hybridized carbons (Fsp3) is 0.533.